The summed E-state index contributed by atoms with van der Waals surface area (Å²) >= 11 is 1.56. The van der Waals surface area contributed by atoms with Crippen LogP contribution in [0.5, 0.6) is 0 Å². The summed E-state index contributed by atoms with van der Waals surface area (Å²) in [5, 5.41) is 3.17. The first-order valence-corrected chi connectivity index (χ1v) is 7.10. The summed E-state index contributed by atoms with van der Waals surface area (Å²) in [6.45, 7) is 6.22. The minimum absolute atomic E-state index is 0.115. The van der Waals surface area contributed by atoms with Crippen LogP contribution in [0.4, 0.5) is 8.78 Å². The van der Waals surface area contributed by atoms with Crippen molar-refractivity contribution in [2.75, 3.05) is 6.54 Å². The lowest BCUT2D eigenvalue weighted by Crippen LogP contribution is -2.23. The molecule has 0 amide bonds. The molecule has 1 atom stereocenters. The number of hydrogen-bond acceptors (Lipinski definition) is 2. The molecule has 0 aliphatic carbocycles. The maximum atomic E-state index is 14.3. The van der Waals surface area contributed by atoms with Crippen LogP contribution in [0, 0.1) is 25.5 Å². The maximum Gasteiger partial charge on any atom is 0.134 e. The van der Waals surface area contributed by atoms with E-state index in [1.165, 1.54) is 12.1 Å². The highest BCUT2D eigenvalue weighted by molar-refractivity contribution is 7.12. The Morgan fingerprint density at radius 2 is 1.89 bits per heavy atom. The summed E-state index contributed by atoms with van der Waals surface area (Å²) in [5.74, 6) is -0.961. The molecule has 0 bridgehead atoms. The van der Waals surface area contributed by atoms with Crippen LogP contribution in [-0.2, 0) is 0 Å². The van der Waals surface area contributed by atoms with Gasteiger partial charge >= 0.3 is 0 Å². The Bertz CT molecular complexity index is 578. The number of nitrogens with one attached hydrogen (secondary N) is 1. The fourth-order valence-corrected chi connectivity index (χ4v) is 3.06. The Kier molecular flexibility index (Phi) is 4.32. The van der Waals surface area contributed by atoms with Gasteiger partial charge in [0.05, 0.1) is 6.04 Å². The molecule has 0 fully saturated rings. The van der Waals surface area contributed by atoms with E-state index in [1.807, 2.05) is 26.0 Å². The molecule has 2 aromatic rings. The SMILES string of the molecule is CCNC(c1ccc(C)s1)c1c(F)ccc(C)c1F. The van der Waals surface area contributed by atoms with Crippen LogP contribution in [0.15, 0.2) is 24.3 Å². The Hall–Kier alpha value is -1.26. The molecule has 1 nitrogen and oxygen atoms in total. The smallest absolute Gasteiger partial charge is 0.134 e. The van der Waals surface area contributed by atoms with E-state index in [0.717, 1.165) is 9.75 Å². The minimum Gasteiger partial charge on any atom is -0.306 e. The number of aryl methyl sites for hydroxylation is 2. The zero-order chi connectivity index (χ0) is 14.0. The van der Waals surface area contributed by atoms with Crippen LogP contribution >= 0.6 is 11.3 Å². The highest BCUT2D eigenvalue weighted by Crippen LogP contribution is 2.32. The van der Waals surface area contributed by atoms with Gasteiger partial charge < -0.3 is 5.32 Å². The van der Waals surface area contributed by atoms with Gasteiger partial charge in [0, 0.05) is 15.3 Å². The fourth-order valence-electron chi connectivity index (χ4n) is 2.10. The zero-order valence-corrected chi connectivity index (χ0v) is 12.1. The van der Waals surface area contributed by atoms with Gasteiger partial charge in [-0.15, -0.1) is 11.3 Å². The van der Waals surface area contributed by atoms with E-state index in [9.17, 15) is 8.78 Å². The molecule has 1 aromatic heterocycles. The first kappa shape index (κ1) is 14.2. The summed E-state index contributed by atoms with van der Waals surface area (Å²) in [5.41, 5.74) is 0.580. The standard InChI is InChI=1S/C15H17F2NS/c1-4-18-15(12-8-6-10(3)19-12)13-11(16)7-5-9(2)14(13)17/h5-8,15,18H,4H2,1-3H3. The van der Waals surface area contributed by atoms with Crippen LogP contribution in [-0.4, -0.2) is 6.54 Å². The fraction of sp³-hybridized carbons (Fsp3) is 0.333. The number of thiophene rings is 1. The van der Waals surface area contributed by atoms with E-state index in [4.69, 9.17) is 0 Å². The normalized spacial score (nSPS) is 12.7. The number of rotatable bonds is 4. The van der Waals surface area contributed by atoms with Gasteiger partial charge in [0.15, 0.2) is 0 Å². The van der Waals surface area contributed by atoms with Gasteiger partial charge in [0.1, 0.15) is 11.6 Å². The van der Waals surface area contributed by atoms with Crippen molar-refractivity contribution < 1.29 is 8.78 Å². The number of halogens is 2. The molecule has 0 saturated carbocycles. The highest BCUT2D eigenvalue weighted by Gasteiger charge is 2.23. The lowest BCUT2D eigenvalue weighted by atomic mass is 10.0. The molecule has 19 heavy (non-hydrogen) atoms. The van der Waals surface area contributed by atoms with Crippen molar-refractivity contribution in [3.63, 3.8) is 0 Å². The molecular formula is C15H17F2NS. The van der Waals surface area contributed by atoms with Gasteiger partial charge in [-0.25, -0.2) is 8.78 Å². The summed E-state index contributed by atoms with van der Waals surface area (Å²) in [4.78, 5) is 2.06. The summed E-state index contributed by atoms with van der Waals surface area (Å²) in [6, 6.07) is 6.27. The second kappa shape index (κ2) is 5.80. The molecule has 1 heterocycles. The Balaban J connectivity index is 2.53. The van der Waals surface area contributed by atoms with Gasteiger partial charge in [-0.2, -0.15) is 0 Å². The molecule has 102 valence electrons. The molecule has 0 spiro atoms. The van der Waals surface area contributed by atoms with E-state index in [0.29, 0.717) is 12.1 Å². The van der Waals surface area contributed by atoms with Gasteiger partial charge in [0.2, 0.25) is 0 Å². The molecule has 1 N–H and O–H groups in total. The molecule has 0 aliphatic rings. The quantitative estimate of drug-likeness (QED) is 0.879. The van der Waals surface area contributed by atoms with E-state index in [1.54, 1.807) is 18.3 Å². The molecule has 0 saturated heterocycles. The lowest BCUT2D eigenvalue weighted by molar-refractivity contribution is 0.509. The van der Waals surface area contributed by atoms with Crippen LogP contribution in [0.2, 0.25) is 0 Å². The molecule has 0 aliphatic heterocycles. The predicted octanol–water partition coefficient (Wildman–Crippen LogP) is 4.34. The Labute approximate surface area is 116 Å². The Morgan fingerprint density at radius 1 is 1.16 bits per heavy atom. The summed E-state index contributed by atoms with van der Waals surface area (Å²) < 4.78 is 28.3. The maximum absolute atomic E-state index is 14.3. The third-order valence-corrected chi connectivity index (χ3v) is 4.13. The van der Waals surface area contributed by atoms with Gasteiger partial charge in [0.25, 0.3) is 0 Å². The molecule has 1 unspecified atom stereocenters. The largest absolute Gasteiger partial charge is 0.306 e. The van der Waals surface area contributed by atoms with Crippen molar-refractivity contribution >= 4 is 11.3 Å². The van der Waals surface area contributed by atoms with Crippen molar-refractivity contribution in [3.05, 3.63) is 56.8 Å². The summed E-state index contributed by atoms with van der Waals surface area (Å²) in [6.07, 6.45) is 0. The van der Waals surface area contributed by atoms with Crippen LogP contribution in [0.25, 0.3) is 0 Å². The van der Waals surface area contributed by atoms with E-state index in [2.05, 4.69) is 5.32 Å². The molecular weight excluding hydrogens is 264 g/mol. The second-order valence-corrected chi connectivity index (χ2v) is 5.85. The summed E-state index contributed by atoms with van der Waals surface area (Å²) in [7, 11) is 0. The molecule has 0 radical (unpaired) electrons. The average molecular weight is 281 g/mol. The monoisotopic (exact) mass is 281 g/mol. The third-order valence-electron chi connectivity index (χ3n) is 3.06. The van der Waals surface area contributed by atoms with Gasteiger partial charge in [-0.3, -0.25) is 0 Å². The Morgan fingerprint density at radius 3 is 2.47 bits per heavy atom. The minimum atomic E-state index is -0.500. The number of hydrogen-bond donors (Lipinski definition) is 1. The van der Waals surface area contributed by atoms with Crippen molar-refractivity contribution in [1.29, 1.82) is 0 Å². The van der Waals surface area contributed by atoms with Crippen molar-refractivity contribution in [1.82, 2.24) is 5.32 Å². The van der Waals surface area contributed by atoms with Crippen LogP contribution in [0.3, 0.4) is 0 Å². The van der Waals surface area contributed by atoms with Crippen LogP contribution < -0.4 is 5.32 Å². The highest BCUT2D eigenvalue weighted by atomic mass is 32.1. The van der Waals surface area contributed by atoms with Crippen LogP contribution in [0.1, 0.15) is 33.8 Å². The topological polar surface area (TPSA) is 12.0 Å². The molecule has 4 heteroatoms. The van der Waals surface area contributed by atoms with E-state index >= 15 is 0 Å². The van der Waals surface area contributed by atoms with Gasteiger partial charge in [-0.05, 0) is 44.2 Å². The van der Waals surface area contributed by atoms with E-state index in [-0.39, 0.29) is 5.56 Å². The van der Waals surface area contributed by atoms with E-state index < -0.39 is 17.7 Å². The molecule has 2 rings (SSSR count). The average Bonchev–Trinajstić information content (AvgIpc) is 2.80. The first-order valence-electron chi connectivity index (χ1n) is 6.28. The lowest BCUT2D eigenvalue weighted by Gasteiger charge is -2.19. The van der Waals surface area contributed by atoms with Gasteiger partial charge in [-0.1, -0.05) is 13.0 Å². The number of benzene rings is 1. The second-order valence-electron chi connectivity index (χ2n) is 4.53. The van der Waals surface area contributed by atoms with Crippen molar-refractivity contribution in [2.24, 2.45) is 0 Å². The van der Waals surface area contributed by atoms with Crippen molar-refractivity contribution in [2.45, 2.75) is 26.8 Å². The first-order chi connectivity index (χ1) is 9.04. The third kappa shape index (κ3) is 2.85. The molecule has 1 aromatic carbocycles. The zero-order valence-electron chi connectivity index (χ0n) is 11.3. The predicted molar refractivity (Wildman–Crippen MR) is 75.7 cm³/mol. The van der Waals surface area contributed by atoms with Crippen molar-refractivity contribution in [3.8, 4) is 0 Å².